The van der Waals surface area contributed by atoms with Gasteiger partial charge in [-0.1, -0.05) is 24.0 Å². The molecular formula is C26H16Si2. The molecular weight excluding hydrogens is 368 g/mol. The van der Waals surface area contributed by atoms with E-state index in [1.807, 2.05) is 0 Å². The molecule has 0 saturated heterocycles. The zero-order chi connectivity index (χ0) is 19.1. The molecule has 0 aliphatic carbocycles. The maximum absolute atomic E-state index is 3.60. The molecule has 0 fully saturated rings. The largest absolute Gasteiger partial charge is 0.138 e. The first-order valence-electron chi connectivity index (χ1n) is 9.29. The Labute approximate surface area is 170 Å². The molecule has 0 aliphatic rings. The second-order valence-corrected chi connectivity index (χ2v) is 7.92. The van der Waals surface area contributed by atoms with E-state index in [9.17, 15) is 0 Å². The predicted octanol–water partition coefficient (Wildman–Crippen LogP) is 3.25. The first-order chi connectivity index (χ1) is 13.7. The second-order valence-electron chi connectivity index (χ2n) is 6.92. The molecule has 2 radical (unpaired) electrons. The number of hydrogen-bond donors (Lipinski definition) is 0. The van der Waals surface area contributed by atoms with Gasteiger partial charge in [0.25, 0.3) is 0 Å². The highest BCUT2D eigenvalue weighted by Crippen LogP contribution is 2.30. The van der Waals surface area contributed by atoms with Gasteiger partial charge < -0.3 is 0 Å². The van der Waals surface area contributed by atoms with Crippen molar-refractivity contribution >= 4 is 63.6 Å². The van der Waals surface area contributed by atoms with Crippen LogP contribution in [0.4, 0.5) is 0 Å². The zero-order valence-electron chi connectivity index (χ0n) is 15.8. The molecule has 5 aromatic rings. The smallest absolute Gasteiger partial charge is 0.0911 e. The lowest BCUT2D eigenvalue weighted by Gasteiger charge is -2.07. The van der Waals surface area contributed by atoms with Crippen molar-refractivity contribution in [3.8, 4) is 22.9 Å². The van der Waals surface area contributed by atoms with Gasteiger partial charge >= 0.3 is 0 Å². The van der Waals surface area contributed by atoms with Crippen LogP contribution in [0.25, 0.3) is 43.1 Å². The Morgan fingerprint density at radius 2 is 0.893 bits per heavy atom. The summed E-state index contributed by atoms with van der Waals surface area (Å²) in [7, 11) is 1.79. The van der Waals surface area contributed by atoms with Crippen LogP contribution >= 0.6 is 0 Å². The molecule has 0 atom stereocenters. The maximum atomic E-state index is 3.60. The third-order valence-electron chi connectivity index (χ3n) is 5.03. The van der Waals surface area contributed by atoms with Crippen LogP contribution in [0.3, 0.4) is 0 Å². The van der Waals surface area contributed by atoms with E-state index < -0.39 is 0 Å². The lowest BCUT2D eigenvalue weighted by molar-refractivity contribution is 1.71. The van der Waals surface area contributed by atoms with Crippen molar-refractivity contribution in [1.82, 2.24) is 0 Å². The van der Waals surface area contributed by atoms with Gasteiger partial charge in [0, 0.05) is 11.1 Å². The van der Waals surface area contributed by atoms with Gasteiger partial charge in [0.05, 0.1) is 20.5 Å². The van der Waals surface area contributed by atoms with Crippen molar-refractivity contribution in [2.45, 2.75) is 0 Å². The molecule has 0 nitrogen and oxygen atoms in total. The van der Waals surface area contributed by atoms with Crippen molar-refractivity contribution in [2.75, 3.05) is 0 Å². The summed E-state index contributed by atoms with van der Waals surface area (Å²) >= 11 is 0. The van der Waals surface area contributed by atoms with Crippen LogP contribution in [-0.2, 0) is 0 Å². The molecule has 128 valence electrons. The Morgan fingerprint density at radius 1 is 0.500 bits per heavy atom. The summed E-state index contributed by atoms with van der Waals surface area (Å²) in [6.07, 6.45) is 0. The van der Waals surface area contributed by atoms with E-state index in [-0.39, 0.29) is 0 Å². The molecule has 0 bridgehead atoms. The average Bonchev–Trinajstić information content (AvgIpc) is 2.70. The van der Waals surface area contributed by atoms with Crippen LogP contribution in [0.15, 0.2) is 60.7 Å². The summed E-state index contributed by atoms with van der Waals surface area (Å²) in [5, 5.41) is 9.19. The quantitative estimate of drug-likeness (QED) is 0.218. The van der Waals surface area contributed by atoms with Crippen LogP contribution in [0.5, 0.6) is 0 Å². The summed E-state index contributed by atoms with van der Waals surface area (Å²) in [4.78, 5) is 0. The topological polar surface area (TPSA) is 0 Å². The fourth-order valence-electron chi connectivity index (χ4n) is 3.74. The molecule has 0 heterocycles. The number of fused-ring (bicyclic) bond motifs is 4. The fourth-order valence-corrected chi connectivity index (χ4v) is 4.32. The number of hydrogen-bond acceptors (Lipinski definition) is 0. The third kappa shape index (κ3) is 2.90. The summed E-state index contributed by atoms with van der Waals surface area (Å²) in [6.45, 7) is 0. The summed E-state index contributed by atoms with van der Waals surface area (Å²) in [5.41, 5.74) is 8.37. The standard InChI is InChI=1S/C26H16Si2/c27-7-5-17-1-3-19-11-23-15-26-14-22-10-18(6-8-28)2-4-20(22)12-24(26)16-25(23)13-21(19)9-17/h1-4,9-14H,27-28H3. The van der Waals surface area contributed by atoms with E-state index in [2.05, 4.69) is 95.7 Å². The number of benzene rings is 5. The van der Waals surface area contributed by atoms with E-state index in [0.717, 1.165) is 53.2 Å². The van der Waals surface area contributed by atoms with Crippen LogP contribution in [0.2, 0.25) is 0 Å². The van der Waals surface area contributed by atoms with E-state index >= 15 is 0 Å². The van der Waals surface area contributed by atoms with Gasteiger partial charge in [0.2, 0.25) is 0 Å². The maximum Gasteiger partial charge on any atom is 0.0911 e. The van der Waals surface area contributed by atoms with Gasteiger partial charge in [0.1, 0.15) is 0 Å². The second kappa shape index (κ2) is 6.69. The normalized spacial score (nSPS) is 10.9. The Bertz CT molecular complexity index is 1420. The minimum atomic E-state index is 0.896. The third-order valence-corrected chi connectivity index (χ3v) is 5.53. The molecule has 0 aliphatic heterocycles. The van der Waals surface area contributed by atoms with Gasteiger partial charge in [-0.2, -0.15) is 0 Å². The van der Waals surface area contributed by atoms with Gasteiger partial charge in [-0.15, -0.1) is 11.1 Å². The highest BCUT2D eigenvalue weighted by molar-refractivity contribution is 6.22. The fraction of sp³-hybridized carbons (Fsp3) is 0. The number of rotatable bonds is 0. The minimum absolute atomic E-state index is 0.896. The van der Waals surface area contributed by atoms with Crippen LogP contribution in [-0.4, -0.2) is 20.5 Å². The summed E-state index contributed by atoms with van der Waals surface area (Å²) in [5.74, 6) is 6.39. The predicted molar refractivity (Wildman–Crippen MR) is 128 cm³/mol. The first-order valence-corrected chi connectivity index (χ1v) is 11.3. The van der Waals surface area contributed by atoms with Crippen molar-refractivity contribution in [3.05, 3.63) is 83.9 Å². The van der Waals surface area contributed by atoms with Crippen molar-refractivity contribution in [1.29, 1.82) is 0 Å². The van der Waals surface area contributed by atoms with Gasteiger partial charge in [-0.25, -0.2) is 0 Å². The van der Waals surface area contributed by atoms with Gasteiger partial charge in [-0.05, 0) is 104 Å². The Balaban J connectivity index is 1.77. The molecule has 5 aromatic carbocycles. The summed E-state index contributed by atoms with van der Waals surface area (Å²) < 4.78 is 0. The molecule has 0 amide bonds. The lowest BCUT2D eigenvalue weighted by atomic mass is 9.96. The highest BCUT2D eigenvalue weighted by Gasteiger charge is 2.05. The van der Waals surface area contributed by atoms with Crippen molar-refractivity contribution < 1.29 is 0 Å². The molecule has 28 heavy (non-hydrogen) atoms. The van der Waals surface area contributed by atoms with Crippen LogP contribution in [0, 0.1) is 35.1 Å². The molecule has 0 saturated carbocycles. The zero-order valence-corrected chi connectivity index (χ0v) is 19.8. The Kier molecular flexibility index (Phi) is 4.03. The molecule has 0 N–H and O–H groups in total. The lowest BCUT2D eigenvalue weighted by Crippen LogP contribution is -1.83. The van der Waals surface area contributed by atoms with Gasteiger partial charge in [0.15, 0.2) is 0 Å². The first kappa shape index (κ1) is 16.8. The SMILES string of the molecule is [SiH3]C#Cc1ccc2cc3[c]c4cc5cc(C#C[SiH3])ccc5cc4[c]c3cc2c1. The van der Waals surface area contributed by atoms with E-state index in [0.29, 0.717) is 0 Å². The Hall–Kier alpha value is -3.31. The molecule has 0 spiro atoms. The molecule has 2 heteroatoms. The van der Waals surface area contributed by atoms with Crippen molar-refractivity contribution in [3.63, 3.8) is 0 Å². The van der Waals surface area contributed by atoms with E-state index in [1.54, 1.807) is 0 Å². The summed E-state index contributed by atoms with van der Waals surface area (Å²) in [6, 6.07) is 28.8. The molecule has 0 unspecified atom stereocenters. The molecule has 5 rings (SSSR count). The monoisotopic (exact) mass is 384 g/mol. The van der Waals surface area contributed by atoms with Crippen LogP contribution in [0.1, 0.15) is 11.1 Å². The van der Waals surface area contributed by atoms with Crippen molar-refractivity contribution in [2.24, 2.45) is 0 Å². The van der Waals surface area contributed by atoms with Gasteiger partial charge in [-0.3, -0.25) is 0 Å². The van der Waals surface area contributed by atoms with E-state index in [4.69, 9.17) is 0 Å². The minimum Gasteiger partial charge on any atom is -0.138 e. The van der Waals surface area contributed by atoms with E-state index in [1.165, 1.54) is 21.5 Å². The highest BCUT2D eigenvalue weighted by atomic mass is 28.1. The Morgan fingerprint density at radius 3 is 1.29 bits per heavy atom. The van der Waals surface area contributed by atoms with Crippen LogP contribution < -0.4 is 0 Å². The molecule has 0 aromatic heterocycles. The average molecular weight is 385 g/mol.